The molecule has 112 valence electrons. The normalized spacial score (nSPS) is 10.6. The van der Waals surface area contributed by atoms with Crippen LogP contribution in [-0.4, -0.2) is 10.8 Å². The second-order valence-electron chi connectivity index (χ2n) is 4.53. The molecule has 5 nitrogen and oxygen atoms in total. The molecule has 1 amide bonds. The summed E-state index contributed by atoms with van der Waals surface area (Å²) < 4.78 is 0. The second kappa shape index (κ2) is 7.38. The fourth-order valence-corrected chi connectivity index (χ4v) is 1.89. The van der Waals surface area contributed by atoms with Crippen LogP contribution in [-0.2, 0) is 11.3 Å². The monoisotopic (exact) mass is 316 g/mol. The first-order chi connectivity index (χ1) is 10.5. The first kappa shape index (κ1) is 15.7. The number of carbonyl (C=O) groups is 1. The molecule has 0 spiro atoms. The van der Waals surface area contributed by atoms with E-state index in [1.165, 1.54) is 24.3 Å². The summed E-state index contributed by atoms with van der Waals surface area (Å²) in [6.45, 7) is 0.384. The highest BCUT2D eigenvalue weighted by molar-refractivity contribution is 6.30. The fraction of sp³-hybridized carbons (Fsp3) is 0.0625. The lowest BCUT2D eigenvalue weighted by Gasteiger charge is -2.02. The Kier molecular flexibility index (Phi) is 5.27. The highest BCUT2D eigenvalue weighted by atomic mass is 35.5. The lowest BCUT2D eigenvalue weighted by atomic mass is 10.2. The summed E-state index contributed by atoms with van der Waals surface area (Å²) in [6.07, 6.45) is 2.87. The Bertz CT molecular complexity index is 712. The summed E-state index contributed by atoms with van der Waals surface area (Å²) in [7, 11) is 0. The molecule has 1 N–H and O–H groups in total. The highest BCUT2D eigenvalue weighted by Crippen LogP contribution is 2.14. The Hall–Kier alpha value is -2.66. The van der Waals surface area contributed by atoms with Gasteiger partial charge in [-0.1, -0.05) is 35.9 Å². The van der Waals surface area contributed by atoms with Crippen molar-refractivity contribution >= 4 is 29.3 Å². The summed E-state index contributed by atoms with van der Waals surface area (Å²) >= 11 is 5.78. The van der Waals surface area contributed by atoms with Gasteiger partial charge >= 0.3 is 0 Å². The van der Waals surface area contributed by atoms with Gasteiger partial charge < -0.3 is 5.32 Å². The van der Waals surface area contributed by atoms with Crippen molar-refractivity contribution in [1.82, 2.24) is 5.32 Å². The quantitative estimate of drug-likeness (QED) is 0.520. The van der Waals surface area contributed by atoms with Crippen molar-refractivity contribution in [3.05, 3.63) is 80.9 Å². The zero-order valence-electron chi connectivity index (χ0n) is 11.5. The third-order valence-corrected chi connectivity index (χ3v) is 3.14. The Balaban J connectivity index is 1.92. The van der Waals surface area contributed by atoms with Gasteiger partial charge in [0.2, 0.25) is 5.91 Å². The number of nitro benzene ring substituents is 1. The van der Waals surface area contributed by atoms with E-state index in [9.17, 15) is 14.9 Å². The number of hydrogen-bond acceptors (Lipinski definition) is 3. The van der Waals surface area contributed by atoms with Gasteiger partial charge in [-0.2, -0.15) is 0 Å². The average Bonchev–Trinajstić information content (AvgIpc) is 2.52. The first-order valence-electron chi connectivity index (χ1n) is 6.49. The van der Waals surface area contributed by atoms with Crippen molar-refractivity contribution in [2.75, 3.05) is 0 Å². The molecule has 0 fully saturated rings. The number of benzene rings is 2. The van der Waals surface area contributed by atoms with Crippen LogP contribution < -0.4 is 5.32 Å². The Morgan fingerprint density at radius 3 is 2.64 bits per heavy atom. The van der Waals surface area contributed by atoms with E-state index in [4.69, 9.17) is 11.6 Å². The largest absolute Gasteiger partial charge is 0.348 e. The SMILES string of the molecule is O=C(/C=C\c1cccc([N+](=O)[O-])c1)NCc1ccc(Cl)cc1. The van der Waals surface area contributed by atoms with Crippen LogP contribution in [0.25, 0.3) is 6.08 Å². The molecule has 2 aromatic carbocycles. The Labute approximate surface area is 132 Å². The number of nitrogens with zero attached hydrogens (tertiary/aromatic N) is 1. The molecule has 0 aliphatic carbocycles. The van der Waals surface area contributed by atoms with Crippen molar-refractivity contribution < 1.29 is 9.72 Å². The molecule has 22 heavy (non-hydrogen) atoms. The van der Waals surface area contributed by atoms with Gasteiger partial charge in [0.1, 0.15) is 0 Å². The average molecular weight is 317 g/mol. The van der Waals surface area contributed by atoms with Gasteiger partial charge in [0.15, 0.2) is 0 Å². The van der Waals surface area contributed by atoms with E-state index < -0.39 is 4.92 Å². The fourth-order valence-electron chi connectivity index (χ4n) is 1.76. The molecular formula is C16H13ClN2O3. The molecule has 0 saturated carbocycles. The molecule has 0 radical (unpaired) electrons. The Morgan fingerprint density at radius 1 is 1.23 bits per heavy atom. The third-order valence-electron chi connectivity index (χ3n) is 2.89. The molecule has 6 heteroatoms. The van der Waals surface area contributed by atoms with E-state index >= 15 is 0 Å². The number of nitrogens with one attached hydrogen (secondary N) is 1. The lowest BCUT2D eigenvalue weighted by Crippen LogP contribution is -2.20. The van der Waals surface area contributed by atoms with Crippen LogP contribution in [0.3, 0.4) is 0 Å². The number of hydrogen-bond donors (Lipinski definition) is 1. The smallest absolute Gasteiger partial charge is 0.270 e. The van der Waals surface area contributed by atoms with E-state index in [1.54, 1.807) is 24.3 Å². The van der Waals surface area contributed by atoms with Crippen molar-refractivity contribution in [2.45, 2.75) is 6.54 Å². The number of rotatable bonds is 5. The molecule has 0 heterocycles. The van der Waals surface area contributed by atoms with Gasteiger partial charge in [-0.25, -0.2) is 0 Å². The van der Waals surface area contributed by atoms with E-state index in [1.807, 2.05) is 12.1 Å². The van der Waals surface area contributed by atoms with Gasteiger partial charge in [-0.3, -0.25) is 14.9 Å². The van der Waals surface area contributed by atoms with Gasteiger partial charge in [-0.05, 0) is 29.3 Å². The molecule has 0 bridgehead atoms. The summed E-state index contributed by atoms with van der Waals surface area (Å²) in [6, 6.07) is 13.2. The van der Waals surface area contributed by atoms with E-state index in [2.05, 4.69) is 5.32 Å². The van der Waals surface area contributed by atoms with Crippen molar-refractivity contribution in [1.29, 1.82) is 0 Å². The minimum absolute atomic E-state index is 0.0104. The maximum atomic E-state index is 11.7. The summed E-state index contributed by atoms with van der Waals surface area (Å²) in [5, 5.41) is 14.0. The van der Waals surface area contributed by atoms with Crippen LogP contribution in [0.2, 0.25) is 5.02 Å². The first-order valence-corrected chi connectivity index (χ1v) is 6.87. The van der Waals surface area contributed by atoms with Crippen LogP contribution in [0.4, 0.5) is 5.69 Å². The zero-order chi connectivity index (χ0) is 15.9. The van der Waals surface area contributed by atoms with Crippen molar-refractivity contribution in [3.63, 3.8) is 0 Å². The highest BCUT2D eigenvalue weighted by Gasteiger charge is 2.04. The third kappa shape index (κ3) is 4.71. The van der Waals surface area contributed by atoms with Gasteiger partial charge in [-0.15, -0.1) is 0 Å². The van der Waals surface area contributed by atoms with Crippen LogP contribution in [0.1, 0.15) is 11.1 Å². The number of carbonyl (C=O) groups excluding carboxylic acids is 1. The summed E-state index contributed by atoms with van der Waals surface area (Å²) in [5.41, 5.74) is 1.51. The lowest BCUT2D eigenvalue weighted by molar-refractivity contribution is -0.384. The predicted molar refractivity (Wildman–Crippen MR) is 85.4 cm³/mol. The number of halogens is 1. The molecule has 0 atom stereocenters. The van der Waals surface area contributed by atoms with E-state index in [0.717, 1.165) is 5.56 Å². The number of non-ortho nitro benzene ring substituents is 1. The molecule has 0 saturated heterocycles. The standard InChI is InChI=1S/C16H13ClN2O3/c17-14-7-4-13(5-8-14)11-18-16(20)9-6-12-2-1-3-15(10-12)19(21)22/h1-10H,11H2,(H,18,20)/b9-6-. The molecule has 0 aliphatic heterocycles. The topological polar surface area (TPSA) is 72.2 Å². The minimum Gasteiger partial charge on any atom is -0.348 e. The molecule has 2 rings (SSSR count). The molecule has 0 unspecified atom stereocenters. The van der Waals surface area contributed by atoms with Crippen LogP contribution >= 0.6 is 11.6 Å². The van der Waals surface area contributed by atoms with E-state index in [-0.39, 0.29) is 11.6 Å². The number of nitro groups is 1. The van der Waals surface area contributed by atoms with Gasteiger partial charge in [0, 0.05) is 29.8 Å². The van der Waals surface area contributed by atoms with Gasteiger partial charge in [0.05, 0.1) is 4.92 Å². The van der Waals surface area contributed by atoms with Crippen LogP contribution in [0.15, 0.2) is 54.6 Å². The van der Waals surface area contributed by atoms with Crippen molar-refractivity contribution in [2.24, 2.45) is 0 Å². The molecule has 0 aliphatic rings. The summed E-state index contributed by atoms with van der Waals surface area (Å²) in [5.74, 6) is -0.276. The summed E-state index contributed by atoms with van der Waals surface area (Å²) in [4.78, 5) is 21.9. The molecule has 2 aromatic rings. The zero-order valence-corrected chi connectivity index (χ0v) is 12.3. The maximum Gasteiger partial charge on any atom is 0.270 e. The van der Waals surface area contributed by atoms with Crippen LogP contribution in [0, 0.1) is 10.1 Å². The number of amides is 1. The minimum atomic E-state index is -0.474. The Morgan fingerprint density at radius 2 is 1.95 bits per heavy atom. The predicted octanol–water partition coefficient (Wildman–Crippen LogP) is 3.58. The molecule has 0 aromatic heterocycles. The molecular weight excluding hydrogens is 304 g/mol. The van der Waals surface area contributed by atoms with Gasteiger partial charge in [0.25, 0.3) is 5.69 Å². The maximum absolute atomic E-state index is 11.7. The van der Waals surface area contributed by atoms with E-state index in [0.29, 0.717) is 17.1 Å². The van der Waals surface area contributed by atoms with Crippen molar-refractivity contribution in [3.8, 4) is 0 Å². The second-order valence-corrected chi connectivity index (χ2v) is 4.97. The van der Waals surface area contributed by atoms with Crippen LogP contribution in [0.5, 0.6) is 0 Å².